The smallest absolute Gasteiger partial charge is 0.289 e. The highest BCUT2D eigenvalue weighted by Crippen LogP contribution is 2.27. The monoisotopic (exact) mass is 349 g/mol. The molecular weight excluding hydrogens is 334 g/mol. The number of nitrogens with two attached hydrogens (primary N) is 1. The summed E-state index contributed by atoms with van der Waals surface area (Å²) in [5.41, 5.74) is 5.21. The number of nitro benzene ring substituents is 1. The maximum Gasteiger partial charge on any atom is 0.289 e. The fourth-order valence-corrected chi connectivity index (χ4v) is 3.70. The van der Waals surface area contributed by atoms with Crippen molar-refractivity contribution in [1.82, 2.24) is 4.31 Å². The summed E-state index contributed by atoms with van der Waals surface area (Å²) in [4.78, 5) is 21.1. The average molecular weight is 349 g/mol. The lowest BCUT2D eigenvalue weighted by atomic mass is 10.2. The molecule has 126 valence electrons. The highest BCUT2D eigenvalue weighted by Gasteiger charge is 2.32. The van der Waals surface area contributed by atoms with Gasteiger partial charge in [0.1, 0.15) is 0 Å². The quantitative estimate of drug-likeness (QED) is 0.595. The molecule has 0 unspecified atom stereocenters. The molecule has 9 heteroatoms. The summed E-state index contributed by atoms with van der Waals surface area (Å²) in [5.74, 6) is -0.854. The normalized spacial score (nSPS) is 11.4. The number of benzene rings is 2. The fraction of sp³-hybridized carbons (Fsp3) is 0.133. The van der Waals surface area contributed by atoms with Crippen LogP contribution in [-0.2, 0) is 21.4 Å². The molecule has 0 aliphatic carbocycles. The predicted octanol–water partition coefficient (Wildman–Crippen LogP) is 1.27. The lowest BCUT2D eigenvalue weighted by molar-refractivity contribution is -0.387. The van der Waals surface area contributed by atoms with Crippen molar-refractivity contribution < 1.29 is 18.1 Å². The molecule has 2 aromatic carbocycles. The molecule has 0 atom stereocenters. The van der Waals surface area contributed by atoms with Gasteiger partial charge in [-0.1, -0.05) is 42.5 Å². The van der Waals surface area contributed by atoms with Crippen molar-refractivity contribution in [3.63, 3.8) is 0 Å². The number of hydrogen-bond donors (Lipinski definition) is 1. The molecule has 8 nitrogen and oxygen atoms in total. The number of carbonyl (C=O) groups is 1. The van der Waals surface area contributed by atoms with Crippen LogP contribution < -0.4 is 5.73 Å². The first kappa shape index (κ1) is 17.6. The van der Waals surface area contributed by atoms with Crippen LogP contribution in [0, 0.1) is 10.1 Å². The van der Waals surface area contributed by atoms with Crippen LogP contribution in [0.3, 0.4) is 0 Å². The van der Waals surface area contributed by atoms with Gasteiger partial charge in [0.05, 0.1) is 11.5 Å². The van der Waals surface area contributed by atoms with Gasteiger partial charge >= 0.3 is 0 Å². The van der Waals surface area contributed by atoms with Crippen molar-refractivity contribution in [3.8, 4) is 0 Å². The van der Waals surface area contributed by atoms with Gasteiger partial charge in [-0.2, -0.15) is 4.31 Å². The third-order valence-corrected chi connectivity index (χ3v) is 5.05. The first-order valence-electron chi connectivity index (χ1n) is 6.88. The molecule has 0 fully saturated rings. The minimum absolute atomic E-state index is 0.127. The number of hydrogen-bond acceptors (Lipinski definition) is 5. The Bertz CT molecular complexity index is 852. The van der Waals surface area contributed by atoms with Gasteiger partial charge in [-0.05, 0) is 11.6 Å². The van der Waals surface area contributed by atoms with Crippen LogP contribution in [0.5, 0.6) is 0 Å². The second kappa shape index (κ2) is 7.20. The lowest BCUT2D eigenvalue weighted by Crippen LogP contribution is -2.38. The number of amides is 1. The molecule has 0 radical (unpaired) electrons. The van der Waals surface area contributed by atoms with E-state index in [9.17, 15) is 23.3 Å². The second-order valence-electron chi connectivity index (χ2n) is 4.95. The molecule has 0 aliphatic heterocycles. The van der Waals surface area contributed by atoms with Gasteiger partial charge in [0, 0.05) is 12.6 Å². The van der Waals surface area contributed by atoms with Crippen LogP contribution in [0.1, 0.15) is 5.56 Å². The number of sulfonamides is 1. The molecule has 0 saturated heterocycles. The van der Waals surface area contributed by atoms with Crippen LogP contribution in [0.4, 0.5) is 5.69 Å². The van der Waals surface area contributed by atoms with Crippen LogP contribution in [0.2, 0.25) is 0 Å². The minimum Gasteiger partial charge on any atom is -0.369 e. The number of primary amides is 1. The number of rotatable bonds is 7. The molecular formula is C15H15N3O5S. The number of nitrogens with zero attached hydrogens (tertiary/aromatic N) is 2. The maximum absolute atomic E-state index is 12.8. The van der Waals surface area contributed by atoms with Gasteiger partial charge in [-0.15, -0.1) is 0 Å². The molecule has 2 N–H and O–H groups in total. The topological polar surface area (TPSA) is 124 Å². The Morgan fingerprint density at radius 3 is 2.25 bits per heavy atom. The Morgan fingerprint density at radius 1 is 1.08 bits per heavy atom. The molecule has 0 saturated carbocycles. The van der Waals surface area contributed by atoms with Crippen molar-refractivity contribution in [2.75, 3.05) is 6.54 Å². The van der Waals surface area contributed by atoms with Crippen LogP contribution in [0.15, 0.2) is 59.5 Å². The second-order valence-corrected chi connectivity index (χ2v) is 6.86. The van der Waals surface area contributed by atoms with Crippen LogP contribution >= 0.6 is 0 Å². The lowest BCUT2D eigenvalue weighted by Gasteiger charge is -2.20. The van der Waals surface area contributed by atoms with Crippen molar-refractivity contribution >= 4 is 21.6 Å². The van der Waals surface area contributed by atoms with Gasteiger partial charge in [-0.25, -0.2) is 8.42 Å². The molecule has 2 rings (SSSR count). The van der Waals surface area contributed by atoms with Crippen LogP contribution in [-0.4, -0.2) is 30.1 Å². The van der Waals surface area contributed by atoms with E-state index in [1.165, 1.54) is 12.1 Å². The fourth-order valence-electron chi connectivity index (χ4n) is 2.15. The van der Waals surface area contributed by atoms with Gasteiger partial charge in [0.25, 0.3) is 15.7 Å². The van der Waals surface area contributed by atoms with E-state index in [4.69, 9.17) is 5.73 Å². The van der Waals surface area contributed by atoms with E-state index in [-0.39, 0.29) is 6.54 Å². The Morgan fingerprint density at radius 2 is 1.67 bits per heavy atom. The third-order valence-electron chi connectivity index (χ3n) is 3.21. The molecule has 0 aliphatic rings. The summed E-state index contributed by atoms with van der Waals surface area (Å²) in [7, 11) is -4.28. The van der Waals surface area contributed by atoms with Crippen molar-refractivity contribution in [2.45, 2.75) is 11.4 Å². The first-order chi connectivity index (χ1) is 11.3. The van der Waals surface area contributed by atoms with Crippen LogP contribution in [0.25, 0.3) is 0 Å². The number of carbonyl (C=O) groups excluding carboxylic acids is 1. The number of nitro groups is 1. The Balaban J connectivity index is 2.48. The summed E-state index contributed by atoms with van der Waals surface area (Å²) in [6.45, 7) is -0.707. The van der Waals surface area contributed by atoms with Gasteiger partial charge in [0.15, 0.2) is 4.90 Å². The zero-order chi connectivity index (χ0) is 17.7. The van der Waals surface area contributed by atoms with Crippen molar-refractivity contribution in [2.24, 2.45) is 5.73 Å². The predicted molar refractivity (Wildman–Crippen MR) is 86.3 cm³/mol. The van der Waals surface area contributed by atoms with E-state index < -0.39 is 38.0 Å². The standard InChI is InChI=1S/C15H15N3O5S/c16-15(19)11-17(10-12-6-2-1-3-7-12)24(22,23)14-9-5-4-8-13(14)18(20)21/h1-9H,10-11H2,(H2,16,19). The van der Waals surface area contributed by atoms with E-state index >= 15 is 0 Å². The molecule has 0 bridgehead atoms. The molecule has 0 spiro atoms. The van der Waals surface area contributed by atoms with E-state index in [1.807, 2.05) is 0 Å². The molecule has 2 aromatic rings. The Hall–Kier alpha value is -2.78. The highest BCUT2D eigenvalue weighted by atomic mass is 32.2. The molecule has 0 heterocycles. The summed E-state index contributed by atoms with van der Waals surface area (Å²) >= 11 is 0. The number of para-hydroxylation sites is 1. The first-order valence-corrected chi connectivity index (χ1v) is 8.32. The SMILES string of the molecule is NC(=O)CN(Cc1ccccc1)S(=O)(=O)c1ccccc1[N+](=O)[O-]. The average Bonchev–Trinajstić information content (AvgIpc) is 2.54. The summed E-state index contributed by atoms with van der Waals surface area (Å²) in [6, 6.07) is 13.5. The van der Waals surface area contributed by atoms with Gasteiger partial charge in [-0.3, -0.25) is 14.9 Å². The zero-order valence-electron chi connectivity index (χ0n) is 12.5. The van der Waals surface area contributed by atoms with E-state index in [0.29, 0.717) is 5.56 Å². The minimum atomic E-state index is -4.28. The molecule has 0 aromatic heterocycles. The van der Waals surface area contributed by atoms with Gasteiger partial charge in [0.2, 0.25) is 5.91 Å². The third kappa shape index (κ3) is 3.94. The van der Waals surface area contributed by atoms with E-state index in [0.717, 1.165) is 16.4 Å². The maximum atomic E-state index is 12.8. The molecule has 24 heavy (non-hydrogen) atoms. The largest absolute Gasteiger partial charge is 0.369 e. The molecule has 1 amide bonds. The summed E-state index contributed by atoms with van der Waals surface area (Å²) in [6.07, 6.45) is 0. The Kier molecular flexibility index (Phi) is 5.27. The highest BCUT2D eigenvalue weighted by molar-refractivity contribution is 7.89. The summed E-state index contributed by atoms with van der Waals surface area (Å²) < 4.78 is 26.4. The van der Waals surface area contributed by atoms with Gasteiger partial charge < -0.3 is 5.73 Å². The summed E-state index contributed by atoms with van der Waals surface area (Å²) in [5, 5.41) is 11.1. The van der Waals surface area contributed by atoms with E-state index in [1.54, 1.807) is 30.3 Å². The Labute approximate surface area is 138 Å². The van der Waals surface area contributed by atoms with Crippen molar-refractivity contribution in [3.05, 3.63) is 70.3 Å². The van der Waals surface area contributed by atoms with Crippen molar-refractivity contribution in [1.29, 1.82) is 0 Å². The zero-order valence-corrected chi connectivity index (χ0v) is 13.3. The van der Waals surface area contributed by atoms with E-state index in [2.05, 4.69) is 0 Å².